The standard InChI is InChI=1S/C14H24N4OS/c1-5-8-18(4)13-16-11(15)10(20-13)12(19)17-14(2,3)9-6-7-9/h9H,5-8,15H2,1-4H3,(H,17,19). The summed E-state index contributed by atoms with van der Waals surface area (Å²) < 4.78 is 0. The zero-order chi connectivity index (χ0) is 14.9. The van der Waals surface area contributed by atoms with E-state index in [4.69, 9.17) is 5.73 Å². The van der Waals surface area contributed by atoms with Gasteiger partial charge in [-0.1, -0.05) is 18.3 Å². The molecule has 1 saturated carbocycles. The number of hydrogen-bond donors (Lipinski definition) is 2. The molecule has 0 bridgehead atoms. The van der Waals surface area contributed by atoms with Gasteiger partial charge in [-0.15, -0.1) is 0 Å². The summed E-state index contributed by atoms with van der Waals surface area (Å²) in [7, 11) is 1.97. The molecule has 0 radical (unpaired) electrons. The lowest BCUT2D eigenvalue weighted by Gasteiger charge is -2.25. The fourth-order valence-electron chi connectivity index (χ4n) is 2.33. The zero-order valence-corrected chi connectivity index (χ0v) is 13.5. The Labute approximate surface area is 124 Å². The molecule has 1 heterocycles. The number of hydrogen-bond acceptors (Lipinski definition) is 5. The first-order valence-corrected chi connectivity index (χ1v) is 7.96. The minimum atomic E-state index is -0.164. The predicted octanol–water partition coefficient (Wildman–Crippen LogP) is 2.49. The van der Waals surface area contributed by atoms with Gasteiger partial charge in [0.1, 0.15) is 10.7 Å². The number of thiazole rings is 1. The van der Waals surface area contributed by atoms with E-state index >= 15 is 0 Å². The molecule has 1 fully saturated rings. The van der Waals surface area contributed by atoms with Crippen LogP contribution in [0.4, 0.5) is 10.9 Å². The van der Waals surface area contributed by atoms with E-state index in [1.165, 1.54) is 24.2 Å². The molecule has 6 heteroatoms. The van der Waals surface area contributed by atoms with E-state index in [0.717, 1.165) is 18.1 Å². The molecule has 0 aromatic carbocycles. The molecule has 1 aromatic heterocycles. The lowest BCUT2D eigenvalue weighted by molar-refractivity contribution is 0.0908. The molecule has 20 heavy (non-hydrogen) atoms. The smallest absolute Gasteiger partial charge is 0.265 e. The Kier molecular flexibility index (Phi) is 4.22. The SMILES string of the molecule is CCCN(C)c1nc(N)c(C(=O)NC(C)(C)C2CC2)s1. The monoisotopic (exact) mass is 296 g/mol. The summed E-state index contributed by atoms with van der Waals surface area (Å²) in [5.41, 5.74) is 5.73. The van der Waals surface area contributed by atoms with Crippen LogP contribution in [0.5, 0.6) is 0 Å². The van der Waals surface area contributed by atoms with Crippen LogP contribution < -0.4 is 16.0 Å². The highest BCUT2D eigenvalue weighted by atomic mass is 32.1. The Balaban J connectivity index is 2.09. The average Bonchev–Trinajstić information content (AvgIpc) is 3.13. The van der Waals surface area contributed by atoms with E-state index in [-0.39, 0.29) is 11.4 Å². The molecule has 1 aliphatic rings. The van der Waals surface area contributed by atoms with Gasteiger partial charge >= 0.3 is 0 Å². The third-order valence-corrected chi connectivity index (χ3v) is 4.95. The van der Waals surface area contributed by atoms with Crippen LogP contribution in [0.3, 0.4) is 0 Å². The number of aromatic nitrogens is 1. The molecule has 3 N–H and O–H groups in total. The first kappa shape index (κ1) is 15.1. The molecule has 1 aromatic rings. The number of carbonyl (C=O) groups excluding carboxylic acids is 1. The molecular weight excluding hydrogens is 272 g/mol. The number of nitrogens with zero attached hydrogens (tertiary/aromatic N) is 2. The van der Waals surface area contributed by atoms with Crippen molar-refractivity contribution in [1.29, 1.82) is 0 Å². The second-order valence-electron chi connectivity index (χ2n) is 6.08. The first-order valence-electron chi connectivity index (χ1n) is 7.15. The molecule has 1 aliphatic carbocycles. The van der Waals surface area contributed by atoms with Crippen molar-refractivity contribution in [2.24, 2.45) is 5.92 Å². The fourth-order valence-corrected chi connectivity index (χ4v) is 3.20. The second-order valence-corrected chi connectivity index (χ2v) is 7.06. The molecular formula is C14H24N4OS. The van der Waals surface area contributed by atoms with Crippen molar-refractivity contribution < 1.29 is 4.79 Å². The highest BCUT2D eigenvalue weighted by Gasteiger charge is 2.39. The predicted molar refractivity (Wildman–Crippen MR) is 84.4 cm³/mol. The summed E-state index contributed by atoms with van der Waals surface area (Å²) in [5, 5.41) is 3.90. The van der Waals surface area contributed by atoms with Crippen LogP contribution in [0.1, 0.15) is 49.7 Å². The van der Waals surface area contributed by atoms with Crippen molar-refractivity contribution in [2.45, 2.75) is 45.6 Å². The van der Waals surface area contributed by atoms with Gasteiger partial charge in [-0.05, 0) is 39.0 Å². The average molecular weight is 296 g/mol. The minimum Gasteiger partial charge on any atom is -0.382 e. The summed E-state index contributed by atoms with van der Waals surface area (Å²) in [6, 6.07) is 0. The summed E-state index contributed by atoms with van der Waals surface area (Å²) in [5.74, 6) is 0.813. The van der Waals surface area contributed by atoms with Gasteiger partial charge in [0.05, 0.1) is 0 Å². The van der Waals surface area contributed by atoms with Gasteiger partial charge < -0.3 is 16.0 Å². The molecule has 0 spiro atoms. The van der Waals surface area contributed by atoms with Crippen LogP contribution in [0.25, 0.3) is 0 Å². The van der Waals surface area contributed by atoms with E-state index < -0.39 is 0 Å². The number of nitrogens with one attached hydrogen (secondary N) is 1. The fraction of sp³-hybridized carbons (Fsp3) is 0.714. The molecule has 5 nitrogen and oxygen atoms in total. The Hall–Kier alpha value is -1.30. The Morgan fingerprint density at radius 2 is 2.20 bits per heavy atom. The van der Waals surface area contributed by atoms with E-state index in [1.807, 2.05) is 11.9 Å². The van der Waals surface area contributed by atoms with Crippen molar-refractivity contribution in [3.05, 3.63) is 4.88 Å². The number of anilines is 2. The quantitative estimate of drug-likeness (QED) is 0.846. The Morgan fingerprint density at radius 3 is 2.75 bits per heavy atom. The number of nitrogen functional groups attached to an aromatic ring is 1. The van der Waals surface area contributed by atoms with Gasteiger partial charge in [-0.3, -0.25) is 4.79 Å². The highest BCUT2D eigenvalue weighted by Crippen LogP contribution is 2.39. The third kappa shape index (κ3) is 3.23. The van der Waals surface area contributed by atoms with Gasteiger partial charge in [0, 0.05) is 19.1 Å². The molecule has 2 rings (SSSR count). The van der Waals surface area contributed by atoms with E-state index in [2.05, 4.69) is 31.1 Å². The van der Waals surface area contributed by atoms with E-state index in [0.29, 0.717) is 16.6 Å². The maximum Gasteiger partial charge on any atom is 0.265 e. The normalized spacial score (nSPS) is 15.2. The van der Waals surface area contributed by atoms with Gasteiger partial charge in [0.25, 0.3) is 5.91 Å². The molecule has 112 valence electrons. The van der Waals surface area contributed by atoms with Crippen LogP contribution >= 0.6 is 11.3 Å². The van der Waals surface area contributed by atoms with Crippen LogP contribution in [-0.4, -0.2) is 30.0 Å². The number of rotatable bonds is 6. The lowest BCUT2D eigenvalue weighted by atomic mass is 9.99. The largest absolute Gasteiger partial charge is 0.382 e. The molecule has 0 aliphatic heterocycles. The van der Waals surface area contributed by atoms with Crippen molar-refractivity contribution in [3.63, 3.8) is 0 Å². The van der Waals surface area contributed by atoms with E-state index in [9.17, 15) is 4.79 Å². The number of nitrogens with two attached hydrogens (primary N) is 1. The summed E-state index contributed by atoms with van der Waals surface area (Å²) in [4.78, 5) is 19.2. The molecule has 0 unspecified atom stereocenters. The Bertz CT molecular complexity index is 493. The molecule has 1 amide bonds. The Morgan fingerprint density at radius 1 is 1.55 bits per heavy atom. The maximum absolute atomic E-state index is 12.4. The third-order valence-electron chi connectivity index (χ3n) is 3.77. The highest BCUT2D eigenvalue weighted by molar-refractivity contribution is 7.18. The van der Waals surface area contributed by atoms with Crippen LogP contribution in [0.15, 0.2) is 0 Å². The van der Waals surface area contributed by atoms with Gasteiger partial charge in [-0.25, -0.2) is 4.98 Å². The lowest BCUT2D eigenvalue weighted by Crippen LogP contribution is -2.45. The van der Waals surface area contributed by atoms with Gasteiger partial charge in [0.2, 0.25) is 0 Å². The van der Waals surface area contributed by atoms with E-state index in [1.54, 1.807) is 0 Å². The van der Waals surface area contributed by atoms with Crippen LogP contribution in [0.2, 0.25) is 0 Å². The number of amides is 1. The first-order chi connectivity index (χ1) is 9.35. The second kappa shape index (κ2) is 5.60. The van der Waals surface area contributed by atoms with Crippen molar-refractivity contribution >= 4 is 28.2 Å². The maximum atomic E-state index is 12.4. The summed E-state index contributed by atoms with van der Waals surface area (Å²) >= 11 is 1.37. The number of carbonyl (C=O) groups is 1. The molecule has 0 atom stereocenters. The summed E-state index contributed by atoms with van der Waals surface area (Å²) in [6.45, 7) is 7.16. The van der Waals surface area contributed by atoms with Crippen LogP contribution in [-0.2, 0) is 0 Å². The van der Waals surface area contributed by atoms with Crippen molar-refractivity contribution in [2.75, 3.05) is 24.2 Å². The van der Waals surface area contributed by atoms with Crippen molar-refractivity contribution in [1.82, 2.24) is 10.3 Å². The minimum absolute atomic E-state index is 0.104. The van der Waals surface area contributed by atoms with Crippen molar-refractivity contribution in [3.8, 4) is 0 Å². The summed E-state index contributed by atoms with van der Waals surface area (Å²) in [6.07, 6.45) is 3.41. The zero-order valence-electron chi connectivity index (χ0n) is 12.7. The van der Waals surface area contributed by atoms with Crippen LogP contribution in [0, 0.1) is 5.92 Å². The topological polar surface area (TPSA) is 71.2 Å². The van der Waals surface area contributed by atoms with Gasteiger partial charge in [-0.2, -0.15) is 0 Å². The molecule has 0 saturated heterocycles. The van der Waals surface area contributed by atoms with Gasteiger partial charge in [0.15, 0.2) is 5.13 Å².